The summed E-state index contributed by atoms with van der Waals surface area (Å²) in [4.78, 5) is 0. The number of benzene rings is 1. The lowest BCUT2D eigenvalue weighted by molar-refractivity contribution is -0.137. The highest BCUT2D eigenvalue weighted by Gasteiger charge is 2.32. The summed E-state index contributed by atoms with van der Waals surface area (Å²) in [5.74, 6) is 0. The van der Waals surface area contributed by atoms with E-state index in [9.17, 15) is 13.2 Å². The van der Waals surface area contributed by atoms with Gasteiger partial charge in [0.1, 0.15) is 5.69 Å². The minimum atomic E-state index is -4.49. The van der Waals surface area contributed by atoms with Gasteiger partial charge >= 0.3 is 6.18 Å². The summed E-state index contributed by atoms with van der Waals surface area (Å²) in [6.07, 6.45) is -1.47. The van der Waals surface area contributed by atoms with Gasteiger partial charge in [-0.25, -0.2) is 4.68 Å². The van der Waals surface area contributed by atoms with Crippen molar-refractivity contribution in [1.82, 2.24) is 9.78 Å². The number of hydrogen-bond donors (Lipinski definition) is 0. The van der Waals surface area contributed by atoms with E-state index in [1.165, 1.54) is 10.9 Å². The Morgan fingerprint density at radius 2 is 1.72 bits per heavy atom. The number of rotatable bonds is 1. The maximum atomic E-state index is 12.5. The van der Waals surface area contributed by atoms with E-state index in [4.69, 9.17) is 23.2 Å². The molecular weight excluding hydrogens is 356 g/mol. The van der Waals surface area contributed by atoms with Crippen LogP contribution in [0.5, 0.6) is 0 Å². The third-order valence-electron chi connectivity index (χ3n) is 2.12. The first-order valence-electron chi connectivity index (χ1n) is 4.56. The van der Waals surface area contributed by atoms with Crippen LogP contribution in [0.3, 0.4) is 0 Å². The molecule has 0 N–H and O–H groups in total. The van der Waals surface area contributed by atoms with Crippen LogP contribution in [-0.2, 0) is 6.18 Å². The van der Waals surface area contributed by atoms with Crippen LogP contribution in [0.15, 0.2) is 29.0 Å². The van der Waals surface area contributed by atoms with Gasteiger partial charge in [-0.15, -0.1) is 0 Å². The van der Waals surface area contributed by atoms with Crippen LogP contribution in [0.1, 0.15) is 5.56 Å². The molecule has 0 unspecified atom stereocenters. The zero-order chi connectivity index (χ0) is 13.5. The van der Waals surface area contributed by atoms with Gasteiger partial charge in [0, 0.05) is 6.20 Å². The van der Waals surface area contributed by atoms with Gasteiger partial charge in [-0.05, 0) is 28.1 Å². The lowest BCUT2D eigenvalue weighted by Crippen LogP contribution is -2.06. The maximum absolute atomic E-state index is 12.5. The molecule has 0 atom stereocenters. The lowest BCUT2D eigenvalue weighted by Gasteiger charge is -2.12. The molecule has 1 heterocycles. The van der Waals surface area contributed by atoms with E-state index in [2.05, 4.69) is 21.0 Å². The average molecular weight is 360 g/mol. The van der Waals surface area contributed by atoms with Crippen molar-refractivity contribution in [1.29, 1.82) is 0 Å². The van der Waals surface area contributed by atoms with Crippen LogP contribution in [0.25, 0.3) is 5.69 Å². The topological polar surface area (TPSA) is 17.8 Å². The quantitative estimate of drug-likeness (QED) is 0.703. The van der Waals surface area contributed by atoms with Crippen LogP contribution in [0.4, 0.5) is 13.2 Å². The largest absolute Gasteiger partial charge is 0.416 e. The Hall–Kier alpha value is -0.720. The van der Waals surface area contributed by atoms with Crippen molar-refractivity contribution in [2.24, 2.45) is 0 Å². The van der Waals surface area contributed by atoms with Gasteiger partial charge in [0.25, 0.3) is 0 Å². The second-order valence-electron chi connectivity index (χ2n) is 3.39. The summed E-state index contributed by atoms with van der Waals surface area (Å²) in [6.45, 7) is 0. The van der Waals surface area contributed by atoms with E-state index >= 15 is 0 Å². The Labute approximate surface area is 118 Å². The van der Waals surface area contributed by atoms with Crippen molar-refractivity contribution >= 4 is 39.1 Å². The molecule has 0 amide bonds. The van der Waals surface area contributed by atoms with Crippen molar-refractivity contribution in [3.8, 4) is 5.69 Å². The molecule has 0 radical (unpaired) electrons. The standard InChI is InChI=1S/C10H4BrCl2F3N2/c11-6-3-17-18(4-6)9-7(12)1-5(2-8(9)13)10(14,15)16/h1-4H. The highest BCUT2D eigenvalue weighted by Crippen LogP contribution is 2.37. The van der Waals surface area contributed by atoms with Crippen molar-refractivity contribution < 1.29 is 13.2 Å². The molecule has 2 aromatic rings. The van der Waals surface area contributed by atoms with Gasteiger partial charge in [0.2, 0.25) is 0 Å². The Morgan fingerprint density at radius 1 is 1.17 bits per heavy atom. The molecule has 0 fully saturated rings. The summed E-state index contributed by atoms with van der Waals surface area (Å²) >= 11 is 14.8. The van der Waals surface area contributed by atoms with Gasteiger partial charge in [-0.2, -0.15) is 18.3 Å². The fraction of sp³-hybridized carbons (Fsp3) is 0.100. The van der Waals surface area contributed by atoms with Crippen molar-refractivity contribution in [2.45, 2.75) is 6.18 Å². The first-order chi connectivity index (χ1) is 8.29. The number of hydrogen-bond acceptors (Lipinski definition) is 1. The molecular formula is C10H4BrCl2F3N2. The minimum absolute atomic E-state index is 0.120. The maximum Gasteiger partial charge on any atom is 0.416 e. The van der Waals surface area contributed by atoms with Crippen molar-refractivity contribution in [2.75, 3.05) is 0 Å². The van der Waals surface area contributed by atoms with Crippen molar-refractivity contribution in [3.05, 3.63) is 44.6 Å². The zero-order valence-corrected chi connectivity index (χ0v) is 11.6. The number of nitrogens with zero attached hydrogens (tertiary/aromatic N) is 2. The van der Waals surface area contributed by atoms with E-state index in [-0.39, 0.29) is 15.7 Å². The Morgan fingerprint density at radius 3 is 2.11 bits per heavy atom. The van der Waals surface area contributed by atoms with E-state index in [1.807, 2.05) is 0 Å². The van der Waals surface area contributed by atoms with Crippen LogP contribution in [-0.4, -0.2) is 9.78 Å². The predicted octanol–water partition coefficient (Wildman–Crippen LogP) is 4.96. The number of alkyl halides is 3. The minimum Gasteiger partial charge on any atom is -0.237 e. The highest BCUT2D eigenvalue weighted by molar-refractivity contribution is 9.10. The first-order valence-corrected chi connectivity index (χ1v) is 6.10. The summed E-state index contributed by atoms with van der Waals surface area (Å²) in [5.41, 5.74) is -0.690. The normalized spacial score (nSPS) is 11.9. The SMILES string of the molecule is FC(F)(F)c1cc(Cl)c(-n2cc(Br)cn2)c(Cl)c1. The monoisotopic (exact) mass is 358 g/mol. The van der Waals surface area contributed by atoms with E-state index < -0.39 is 11.7 Å². The molecule has 18 heavy (non-hydrogen) atoms. The van der Waals surface area contributed by atoms with Gasteiger partial charge in [-0.1, -0.05) is 23.2 Å². The molecule has 0 aliphatic carbocycles. The molecule has 2 rings (SSSR count). The predicted molar refractivity (Wildman–Crippen MR) is 66.3 cm³/mol. The summed E-state index contributed by atoms with van der Waals surface area (Å²) in [7, 11) is 0. The lowest BCUT2D eigenvalue weighted by atomic mass is 10.2. The molecule has 0 spiro atoms. The van der Waals surface area contributed by atoms with Crippen molar-refractivity contribution in [3.63, 3.8) is 0 Å². The molecule has 0 aliphatic rings. The van der Waals surface area contributed by atoms with Gasteiger partial charge in [0.15, 0.2) is 0 Å². The molecule has 0 bridgehead atoms. The fourth-order valence-electron chi connectivity index (χ4n) is 1.37. The summed E-state index contributed by atoms with van der Waals surface area (Å²) in [5, 5.41) is 3.68. The van der Waals surface area contributed by atoms with Gasteiger partial charge in [0.05, 0.1) is 26.3 Å². The Balaban J connectivity index is 2.58. The Kier molecular flexibility index (Phi) is 3.62. The third kappa shape index (κ3) is 2.65. The molecule has 0 saturated carbocycles. The molecule has 8 heteroatoms. The van der Waals surface area contributed by atoms with Crippen LogP contribution >= 0.6 is 39.1 Å². The molecule has 2 nitrogen and oxygen atoms in total. The molecule has 0 aliphatic heterocycles. The highest BCUT2D eigenvalue weighted by atomic mass is 79.9. The summed E-state index contributed by atoms with van der Waals surface area (Å²) in [6, 6.07) is 1.64. The fourth-order valence-corrected chi connectivity index (χ4v) is 2.32. The number of halogens is 6. The average Bonchev–Trinajstić information content (AvgIpc) is 2.62. The summed E-state index contributed by atoms with van der Waals surface area (Å²) < 4.78 is 39.6. The van der Waals surface area contributed by atoms with Crippen LogP contribution in [0, 0.1) is 0 Å². The van der Waals surface area contributed by atoms with E-state index in [1.54, 1.807) is 6.20 Å². The van der Waals surface area contributed by atoms with Gasteiger partial charge in [-0.3, -0.25) is 0 Å². The smallest absolute Gasteiger partial charge is 0.237 e. The molecule has 1 aromatic carbocycles. The second-order valence-corrected chi connectivity index (χ2v) is 5.12. The second kappa shape index (κ2) is 4.75. The Bertz CT molecular complexity index is 572. The van der Waals surface area contributed by atoms with E-state index in [0.29, 0.717) is 4.47 Å². The zero-order valence-electron chi connectivity index (χ0n) is 8.47. The molecule has 1 aromatic heterocycles. The first kappa shape index (κ1) is 13.7. The number of aromatic nitrogens is 2. The molecule has 0 saturated heterocycles. The van der Waals surface area contributed by atoms with Gasteiger partial charge < -0.3 is 0 Å². The van der Waals surface area contributed by atoms with Crippen LogP contribution < -0.4 is 0 Å². The van der Waals surface area contributed by atoms with Crippen LogP contribution in [0.2, 0.25) is 10.0 Å². The van der Waals surface area contributed by atoms with E-state index in [0.717, 1.165) is 12.1 Å². The molecule has 96 valence electrons. The third-order valence-corrected chi connectivity index (χ3v) is 3.11.